The van der Waals surface area contributed by atoms with Crippen molar-refractivity contribution in [2.75, 3.05) is 26.2 Å². The molecule has 1 fully saturated rings. The van der Waals surface area contributed by atoms with E-state index in [1.54, 1.807) is 0 Å². The maximum absolute atomic E-state index is 12.1. The zero-order valence-corrected chi connectivity index (χ0v) is 14.7. The molecular formula is C17H27ClN2O2. The van der Waals surface area contributed by atoms with Gasteiger partial charge in [0.15, 0.2) is 6.61 Å². The highest BCUT2D eigenvalue weighted by molar-refractivity contribution is 5.85. The third-order valence-electron chi connectivity index (χ3n) is 3.80. The molecule has 124 valence electrons. The minimum Gasteiger partial charge on any atom is -0.484 e. The fourth-order valence-corrected chi connectivity index (χ4v) is 2.45. The second kappa shape index (κ2) is 7.84. The molecule has 0 aromatic heterocycles. The summed E-state index contributed by atoms with van der Waals surface area (Å²) >= 11 is 0. The fraction of sp³-hybridized carbons (Fsp3) is 0.588. The van der Waals surface area contributed by atoms with Gasteiger partial charge in [-0.15, -0.1) is 12.4 Å². The highest BCUT2D eigenvalue weighted by atomic mass is 35.5. The van der Waals surface area contributed by atoms with Crippen molar-refractivity contribution in [2.24, 2.45) is 0 Å². The van der Waals surface area contributed by atoms with Gasteiger partial charge >= 0.3 is 0 Å². The summed E-state index contributed by atoms with van der Waals surface area (Å²) in [6.45, 7) is 11.1. The van der Waals surface area contributed by atoms with Crippen LogP contribution in [-0.4, -0.2) is 43.1 Å². The fourth-order valence-electron chi connectivity index (χ4n) is 2.45. The lowest BCUT2D eigenvalue weighted by molar-refractivity contribution is -0.134. The first-order valence-corrected chi connectivity index (χ1v) is 7.61. The molecule has 0 saturated carbocycles. The average molecular weight is 327 g/mol. The number of nitrogens with one attached hydrogen (secondary N) is 1. The first-order chi connectivity index (χ1) is 9.86. The molecule has 1 heterocycles. The van der Waals surface area contributed by atoms with E-state index in [0.717, 1.165) is 25.4 Å². The van der Waals surface area contributed by atoms with E-state index >= 15 is 0 Å². The molecule has 22 heavy (non-hydrogen) atoms. The van der Waals surface area contributed by atoms with Crippen LogP contribution in [0, 0.1) is 0 Å². The summed E-state index contributed by atoms with van der Waals surface area (Å²) in [6, 6.07) is 8.36. The molecule has 4 nitrogen and oxygen atoms in total. The Kier molecular flexibility index (Phi) is 6.69. The SMILES string of the molecule is CC1CN(C(=O)COc2ccc(C(C)(C)C)cc2)CCN1.Cl. The molecule has 1 aliphatic heterocycles. The van der Waals surface area contributed by atoms with Gasteiger partial charge in [-0.3, -0.25) is 4.79 Å². The van der Waals surface area contributed by atoms with Crippen molar-refractivity contribution in [2.45, 2.75) is 39.2 Å². The van der Waals surface area contributed by atoms with Gasteiger partial charge in [-0.05, 0) is 30.0 Å². The Balaban J connectivity index is 0.00000242. The normalized spacial score (nSPS) is 18.5. The van der Waals surface area contributed by atoms with E-state index in [0.29, 0.717) is 6.04 Å². The molecule has 0 spiro atoms. The number of carbonyl (C=O) groups excluding carboxylic acids is 1. The summed E-state index contributed by atoms with van der Waals surface area (Å²) in [5.41, 5.74) is 1.39. The Morgan fingerprint density at radius 3 is 2.50 bits per heavy atom. The standard InChI is InChI=1S/C17H26N2O2.ClH/c1-13-11-19(10-9-18-13)16(20)12-21-15-7-5-14(6-8-15)17(2,3)4;/h5-8,13,18H,9-12H2,1-4H3;1H. The maximum Gasteiger partial charge on any atom is 0.260 e. The Hall–Kier alpha value is -1.26. The van der Waals surface area contributed by atoms with Gasteiger partial charge in [-0.25, -0.2) is 0 Å². The Bertz CT molecular complexity index is 482. The minimum atomic E-state index is 0. The molecule has 1 amide bonds. The van der Waals surface area contributed by atoms with E-state index in [2.05, 4.69) is 45.1 Å². The molecule has 2 rings (SSSR count). The third-order valence-corrected chi connectivity index (χ3v) is 3.80. The molecular weight excluding hydrogens is 300 g/mol. The molecule has 1 N–H and O–H groups in total. The molecule has 1 aromatic carbocycles. The number of hydrogen-bond donors (Lipinski definition) is 1. The molecule has 1 atom stereocenters. The van der Waals surface area contributed by atoms with Gasteiger partial charge in [0, 0.05) is 25.7 Å². The number of halogens is 1. The lowest BCUT2D eigenvalue weighted by Crippen LogP contribution is -2.52. The maximum atomic E-state index is 12.1. The van der Waals surface area contributed by atoms with Crippen molar-refractivity contribution >= 4 is 18.3 Å². The molecule has 0 bridgehead atoms. The second-order valence-electron chi connectivity index (χ2n) is 6.76. The number of carbonyl (C=O) groups is 1. The van der Waals surface area contributed by atoms with Crippen molar-refractivity contribution in [3.05, 3.63) is 29.8 Å². The first kappa shape index (κ1) is 18.8. The summed E-state index contributed by atoms with van der Waals surface area (Å²) in [4.78, 5) is 14.0. The quantitative estimate of drug-likeness (QED) is 0.928. The van der Waals surface area contributed by atoms with Crippen LogP contribution in [0.1, 0.15) is 33.3 Å². The number of nitrogens with zero attached hydrogens (tertiary/aromatic N) is 1. The molecule has 1 saturated heterocycles. The summed E-state index contributed by atoms with van der Waals surface area (Å²) in [6.07, 6.45) is 0. The number of rotatable bonds is 3. The van der Waals surface area contributed by atoms with Crippen molar-refractivity contribution in [3.8, 4) is 5.75 Å². The van der Waals surface area contributed by atoms with Gasteiger partial charge in [0.05, 0.1) is 0 Å². The van der Waals surface area contributed by atoms with Gasteiger partial charge in [0.2, 0.25) is 0 Å². The highest BCUT2D eigenvalue weighted by Gasteiger charge is 2.20. The smallest absolute Gasteiger partial charge is 0.260 e. The molecule has 1 unspecified atom stereocenters. The van der Waals surface area contributed by atoms with Crippen LogP contribution >= 0.6 is 12.4 Å². The predicted molar refractivity (Wildman–Crippen MR) is 91.9 cm³/mol. The van der Waals surface area contributed by atoms with Crippen molar-refractivity contribution in [1.29, 1.82) is 0 Å². The van der Waals surface area contributed by atoms with Crippen molar-refractivity contribution < 1.29 is 9.53 Å². The Labute approximate surface area is 139 Å². The van der Waals surface area contributed by atoms with Crippen molar-refractivity contribution in [3.63, 3.8) is 0 Å². The van der Waals surface area contributed by atoms with E-state index in [4.69, 9.17) is 4.74 Å². The van der Waals surface area contributed by atoms with Gasteiger partial charge < -0.3 is 15.0 Å². The minimum absolute atomic E-state index is 0. The van der Waals surface area contributed by atoms with Crippen LogP contribution in [0.5, 0.6) is 5.75 Å². The number of amides is 1. The largest absolute Gasteiger partial charge is 0.484 e. The number of hydrogen-bond acceptors (Lipinski definition) is 3. The van der Waals surface area contributed by atoms with Crippen LogP contribution in [0.3, 0.4) is 0 Å². The van der Waals surface area contributed by atoms with E-state index in [9.17, 15) is 4.79 Å². The van der Waals surface area contributed by atoms with E-state index in [1.807, 2.05) is 17.0 Å². The zero-order chi connectivity index (χ0) is 15.5. The lowest BCUT2D eigenvalue weighted by atomic mass is 9.87. The van der Waals surface area contributed by atoms with Crippen LogP contribution in [0.2, 0.25) is 0 Å². The molecule has 1 aromatic rings. The second-order valence-corrected chi connectivity index (χ2v) is 6.76. The topological polar surface area (TPSA) is 41.6 Å². The summed E-state index contributed by atoms with van der Waals surface area (Å²) in [7, 11) is 0. The Morgan fingerprint density at radius 1 is 1.32 bits per heavy atom. The van der Waals surface area contributed by atoms with Crippen LogP contribution in [0.4, 0.5) is 0 Å². The molecule has 0 aliphatic carbocycles. The third kappa shape index (κ3) is 5.18. The molecule has 1 aliphatic rings. The predicted octanol–water partition coefficient (Wildman–Crippen LogP) is 2.61. The first-order valence-electron chi connectivity index (χ1n) is 7.61. The van der Waals surface area contributed by atoms with Crippen LogP contribution in [-0.2, 0) is 10.2 Å². The molecule has 0 radical (unpaired) electrons. The highest BCUT2D eigenvalue weighted by Crippen LogP contribution is 2.24. The van der Waals surface area contributed by atoms with Crippen LogP contribution in [0.15, 0.2) is 24.3 Å². The van der Waals surface area contributed by atoms with Crippen molar-refractivity contribution in [1.82, 2.24) is 10.2 Å². The summed E-state index contributed by atoms with van der Waals surface area (Å²) in [5, 5.41) is 3.33. The summed E-state index contributed by atoms with van der Waals surface area (Å²) in [5.74, 6) is 0.808. The number of piperazine rings is 1. The monoisotopic (exact) mass is 326 g/mol. The summed E-state index contributed by atoms with van der Waals surface area (Å²) < 4.78 is 5.61. The number of benzene rings is 1. The van der Waals surface area contributed by atoms with Gasteiger partial charge in [0.25, 0.3) is 5.91 Å². The molecule has 5 heteroatoms. The van der Waals surface area contributed by atoms with Crippen LogP contribution in [0.25, 0.3) is 0 Å². The lowest BCUT2D eigenvalue weighted by Gasteiger charge is -2.31. The van der Waals surface area contributed by atoms with E-state index < -0.39 is 0 Å². The Morgan fingerprint density at radius 2 is 1.95 bits per heavy atom. The van der Waals surface area contributed by atoms with Crippen LogP contribution < -0.4 is 10.1 Å². The van der Waals surface area contributed by atoms with Gasteiger partial charge in [-0.2, -0.15) is 0 Å². The zero-order valence-electron chi connectivity index (χ0n) is 13.9. The van der Waals surface area contributed by atoms with E-state index in [-0.39, 0.29) is 30.3 Å². The van der Waals surface area contributed by atoms with E-state index in [1.165, 1.54) is 5.56 Å². The van der Waals surface area contributed by atoms with Gasteiger partial charge in [-0.1, -0.05) is 32.9 Å². The van der Waals surface area contributed by atoms with Gasteiger partial charge in [0.1, 0.15) is 5.75 Å². The number of ether oxygens (including phenoxy) is 1. The average Bonchev–Trinajstić information content (AvgIpc) is 2.44.